The van der Waals surface area contributed by atoms with Crippen LogP contribution in [0.25, 0.3) is 5.69 Å². The van der Waals surface area contributed by atoms with Crippen LogP contribution in [0.1, 0.15) is 42.6 Å². The molecule has 0 aliphatic heterocycles. The number of nitrogens with one attached hydrogen (secondary N) is 1. The maximum atomic E-state index is 12.4. The van der Waals surface area contributed by atoms with Crippen molar-refractivity contribution >= 4 is 17.7 Å². The molecule has 3 aromatic rings. The Morgan fingerprint density at radius 2 is 1.90 bits per heavy atom. The lowest BCUT2D eigenvalue weighted by Gasteiger charge is -2.13. The van der Waals surface area contributed by atoms with Crippen LogP contribution in [0.4, 0.5) is 0 Å². The Hall–Kier alpha value is -2.60. The average Bonchev–Trinajstić information content (AvgIpc) is 3.37. The first-order valence-electron chi connectivity index (χ1n) is 10.2. The van der Waals surface area contributed by atoms with Crippen LogP contribution in [0.3, 0.4) is 0 Å². The molecule has 1 aliphatic carbocycles. The van der Waals surface area contributed by atoms with Gasteiger partial charge in [0, 0.05) is 18.2 Å². The highest BCUT2D eigenvalue weighted by atomic mass is 32.2. The van der Waals surface area contributed by atoms with Crippen molar-refractivity contribution in [2.24, 2.45) is 0 Å². The number of hydrogen-bond acceptors (Lipinski definition) is 4. The van der Waals surface area contributed by atoms with Crippen molar-refractivity contribution < 1.29 is 4.79 Å². The highest BCUT2D eigenvalue weighted by molar-refractivity contribution is 7.99. The van der Waals surface area contributed by atoms with E-state index in [1.54, 1.807) is 0 Å². The fourth-order valence-corrected chi connectivity index (χ4v) is 4.56. The summed E-state index contributed by atoms with van der Waals surface area (Å²) in [6, 6.07) is 18.9. The van der Waals surface area contributed by atoms with Crippen molar-refractivity contribution in [2.45, 2.75) is 50.2 Å². The van der Waals surface area contributed by atoms with Crippen LogP contribution in [-0.2, 0) is 11.2 Å². The lowest BCUT2D eigenvalue weighted by Crippen LogP contribution is -2.33. The van der Waals surface area contributed by atoms with Gasteiger partial charge in [-0.15, -0.1) is 10.2 Å². The van der Waals surface area contributed by atoms with Gasteiger partial charge in [0.25, 0.3) is 0 Å². The number of thioether (sulfide) groups is 1. The maximum absolute atomic E-state index is 12.4. The zero-order valence-corrected chi connectivity index (χ0v) is 17.5. The second-order valence-corrected chi connectivity index (χ2v) is 8.52. The number of amides is 1. The first-order chi connectivity index (χ1) is 14.2. The molecule has 1 aromatic heterocycles. The molecule has 1 heterocycles. The highest BCUT2D eigenvalue weighted by Gasteiger charge is 2.19. The Morgan fingerprint density at radius 3 is 2.66 bits per heavy atom. The summed E-state index contributed by atoms with van der Waals surface area (Å²) >= 11 is 1.45. The van der Waals surface area contributed by atoms with Crippen LogP contribution in [0.15, 0.2) is 59.8 Å². The van der Waals surface area contributed by atoms with E-state index in [0.29, 0.717) is 18.2 Å². The van der Waals surface area contributed by atoms with Crippen molar-refractivity contribution in [3.63, 3.8) is 0 Å². The van der Waals surface area contributed by atoms with E-state index in [1.807, 2.05) is 24.3 Å². The minimum atomic E-state index is 0.0744. The van der Waals surface area contributed by atoms with Crippen molar-refractivity contribution in [3.05, 3.63) is 71.5 Å². The molecule has 1 amide bonds. The monoisotopic (exact) mass is 406 g/mol. The molecule has 0 saturated heterocycles. The number of carbonyl (C=O) groups is 1. The van der Waals surface area contributed by atoms with Crippen molar-refractivity contribution in [2.75, 3.05) is 5.75 Å². The summed E-state index contributed by atoms with van der Waals surface area (Å²) in [6.07, 6.45) is 5.30. The van der Waals surface area contributed by atoms with E-state index in [2.05, 4.69) is 57.3 Å². The molecule has 6 heteroatoms. The van der Waals surface area contributed by atoms with Crippen LogP contribution < -0.4 is 5.32 Å². The van der Waals surface area contributed by atoms with E-state index < -0.39 is 0 Å². The summed E-state index contributed by atoms with van der Waals surface area (Å²) in [5.41, 5.74) is 3.39. The molecule has 1 aliphatic rings. The summed E-state index contributed by atoms with van der Waals surface area (Å²) in [5.74, 6) is 1.30. The molecular weight excluding hydrogens is 380 g/mol. The molecule has 1 saturated carbocycles. The van der Waals surface area contributed by atoms with Gasteiger partial charge < -0.3 is 5.32 Å². The number of aryl methyl sites for hydroxylation is 1. The van der Waals surface area contributed by atoms with Gasteiger partial charge in [-0.2, -0.15) is 0 Å². The van der Waals surface area contributed by atoms with Gasteiger partial charge in [0.15, 0.2) is 5.16 Å². The predicted octanol–water partition coefficient (Wildman–Crippen LogP) is 4.32. The summed E-state index contributed by atoms with van der Waals surface area (Å²) in [7, 11) is 0. The van der Waals surface area contributed by atoms with E-state index in [9.17, 15) is 4.79 Å². The molecule has 29 heavy (non-hydrogen) atoms. The van der Waals surface area contributed by atoms with Crippen LogP contribution in [0.5, 0.6) is 0 Å². The van der Waals surface area contributed by atoms with E-state index in [4.69, 9.17) is 0 Å². The molecule has 2 aromatic carbocycles. The van der Waals surface area contributed by atoms with E-state index in [1.165, 1.54) is 35.7 Å². The molecule has 5 nitrogen and oxygen atoms in total. The number of rotatable bonds is 7. The topological polar surface area (TPSA) is 59.8 Å². The second-order valence-electron chi connectivity index (χ2n) is 7.57. The van der Waals surface area contributed by atoms with Crippen molar-refractivity contribution in [3.8, 4) is 5.69 Å². The van der Waals surface area contributed by atoms with Crippen molar-refractivity contribution in [1.29, 1.82) is 0 Å². The number of carbonyl (C=O) groups excluding carboxylic acids is 1. The third-order valence-corrected chi connectivity index (χ3v) is 6.15. The van der Waals surface area contributed by atoms with Gasteiger partial charge in [-0.1, -0.05) is 67.1 Å². The minimum absolute atomic E-state index is 0.0744. The molecule has 0 atom stereocenters. The van der Waals surface area contributed by atoms with Gasteiger partial charge in [0.1, 0.15) is 5.82 Å². The lowest BCUT2D eigenvalue weighted by molar-refractivity contribution is -0.119. The Morgan fingerprint density at radius 1 is 1.10 bits per heavy atom. The van der Waals surface area contributed by atoms with E-state index >= 15 is 0 Å². The van der Waals surface area contributed by atoms with Crippen LogP contribution >= 0.6 is 11.8 Å². The molecule has 0 spiro atoms. The molecule has 1 fully saturated rings. The van der Waals surface area contributed by atoms with Gasteiger partial charge >= 0.3 is 0 Å². The Kier molecular flexibility index (Phi) is 6.30. The lowest BCUT2D eigenvalue weighted by atomic mass is 10.1. The van der Waals surface area contributed by atoms with E-state index in [0.717, 1.165) is 29.5 Å². The Bertz CT molecular complexity index is 964. The van der Waals surface area contributed by atoms with Crippen LogP contribution in [0.2, 0.25) is 0 Å². The first-order valence-corrected chi connectivity index (χ1v) is 11.1. The zero-order chi connectivity index (χ0) is 20.1. The highest BCUT2D eigenvalue weighted by Crippen LogP contribution is 2.24. The molecule has 150 valence electrons. The number of aromatic nitrogens is 3. The van der Waals surface area contributed by atoms with Crippen LogP contribution in [0, 0.1) is 6.92 Å². The van der Waals surface area contributed by atoms with Gasteiger partial charge in [-0.05, 0) is 43.0 Å². The minimum Gasteiger partial charge on any atom is -0.353 e. The largest absolute Gasteiger partial charge is 0.353 e. The molecule has 4 rings (SSSR count). The standard InChI is InChI=1S/C23H26N4OS/c1-17-8-7-13-20(14-17)27-21(15-18-9-3-2-4-10-18)25-26-23(27)29-16-22(28)24-19-11-5-6-12-19/h2-4,7-10,13-14,19H,5-6,11-12,15-16H2,1H3,(H,24,28). The summed E-state index contributed by atoms with van der Waals surface area (Å²) < 4.78 is 2.08. The third kappa shape index (κ3) is 5.07. The number of nitrogens with zero attached hydrogens (tertiary/aromatic N) is 3. The average molecular weight is 407 g/mol. The maximum Gasteiger partial charge on any atom is 0.230 e. The molecule has 1 N–H and O–H groups in total. The predicted molar refractivity (Wildman–Crippen MR) is 116 cm³/mol. The van der Waals surface area contributed by atoms with Gasteiger partial charge in [-0.3, -0.25) is 9.36 Å². The SMILES string of the molecule is Cc1cccc(-n2c(Cc3ccccc3)nnc2SCC(=O)NC2CCCC2)c1. The Balaban J connectivity index is 1.55. The fraction of sp³-hybridized carbons (Fsp3) is 0.348. The molecule has 0 radical (unpaired) electrons. The van der Waals surface area contributed by atoms with Gasteiger partial charge in [-0.25, -0.2) is 0 Å². The quantitative estimate of drug-likeness (QED) is 0.594. The molecule has 0 unspecified atom stereocenters. The summed E-state index contributed by atoms with van der Waals surface area (Å²) in [5, 5.41) is 12.8. The Labute approximate surface area is 175 Å². The van der Waals surface area contributed by atoms with Gasteiger partial charge in [0.05, 0.1) is 5.75 Å². The number of benzene rings is 2. The molecule has 0 bridgehead atoms. The fourth-order valence-electron chi connectivity index (χ4n) is 3.78. The smallest absolute Gasteiger partial charge is 0.230 e. The van der Waals surface area contributed by atoms with Crippen LogP contribution in [-0.4, -0.2) is 32.5 Å². The summed E-state index contributed by atoms with van der Waals surface area (Å²) in [4.78, 5) is 12.4. The third-order valence-electron chi connectivity index (χ3n) is 5.22. The summed E-state index contributed by atoms with van der Waals surface area (Å²) in [6.45, 7) is 2.08. The second kappa shape index (κ2) is 9.27. The first kappa shape index (κ1) is 19.7. The zero-order valence-electron chi connectivity index (χ0n) is 16.7. The normalized spacial score (nSPS) is 14.2. The number of hydrogen-bond donors (Lipinski definition) is 1. The van der Waals surface area contributed by atoms with Crippen molar-refractivity contribution in [1.82, 2.24) is 20.1 Å². The van der Waals surface area contributed by atoms with E-state index in [-0.39, 0.29) is 5.91 Å². The molecular formula is C23H26N4OS. The van der Waals surface area contributed by atoms with Gasteiger partial charge in [0.2, 0.25) is 5.91 Å².